The summed E-state index contributed by atoms with van der Waals surface area (Å²) in [5.74, 6) is 0.673. The summed E-state index contributed by atoms with van der Waals surface area (Å²) in [6, 6.07) is 0. The summed E-state index contributed by atoms with van der Waals surface area (Å²) in [5, 5.41) is 6.70. The molecule has 1 fully saturated rings. The second-order valence-corrected chi connectivity index (χ2v) is 5.68. The molecule has 0 saturated carbocycles. The number of piperidine rings is 1. The maximum atomic E-state index is 5.38. The number of hydrogen-bond acceptors (Lipinski definition) is 5. The van der Waals surface area contributed by atoms with Crippen molar-refractivity contribution in [2.45, 2.75) is 12.8 Å². The summed E-state index contributed by atoms with van der Waals surface area (Å²) < 4.78 is 6.27. The van der Waals surface area contributed by atoms with Crippen LogP contribution in [0.5, 0.6) is 0 Å². The Labute approximate surface area is 116 Å². The van der Waals surface area contributed by atoms with E-state index in [1.807, 2.05) is 0 Å². The van der Waals surface area contributed by atoms with Gasteiger partial charge in [-0.2, -0.15) is 0 Å². The monoisotopic (exact) mass is 314 g/mol. The summed E-state index contributed by atoms with van der Waals surface area (Å²) in [6.45, 7) is 3.72. The topological polar surface area (TPSA) is 59.1 Å². The standard InChI is InChI=1S/C12H19BrN4O/c1-18-9-12(2-4-14-5-3-12)8-17-11-15-6-10(13)7-16-11/h6-7,14H,2-5,8-9H2,1H3,(H,15,16,17). The molecule has 0 aromatic carbocycles. The molecule has 18 heavy (non-hydrogen) atoms. The van der Waals surface area contributed by atoms with Crippen molar-refractivity contribution in [1.82, 2.24) is 15.3 Å². The van der Waals surface area contributed by atoms with Crippen LogP contribution in [-0.2, 0) is 4.74 Å². The molecule has 1 saturated heterocycles. The summed E-state index contributed by atoms with van der Waals surface area (Å²) in [6.07, 6.45) is 5.73. The lowest BCUT2D eigenvalue weighted by Gasteiger charge is -2.37. The third-order valence-corrected chi connectivity index (χ3v) is 3.77. The molecule has 0 aliphatic carbocycles. The number of nitrogens with one attached hydrogen (secondary N) is 2. The molecule has 1 aromatic heterocycles. The van der Waals surface area contributed by atoms with Crippen molar-refractivity contribution in [3.63, 3.8) is 0 Å². The van der Waals surface area contributed by atoms with Crippen molar-refractivity contribution in [2.75, 3.05) is 38.7 Å². The molecule has 0 atom stereocenters. The summed E-state index contributed by atoms with van der Waals surface area (Å²) in [4.78, 5) is 8.46. The molecule has 2 rings (SSSR count). The fourth-order valence-electron chi connectivity index (χ4n) is 2.31. The molecule has 0 radical (unpaired) electrons. The predicted molar refractivity (Wildman–Crippen MR) is 74.6 cm³/mol. The van der Waals surface area contributed by atoms with E-state index in [1.165, 1.54) is 0 Å². The van der Waals surface area contributed by atoms with Crippen LogP contribution in [0.3, 0.4) is 0 Å². The first-order chi connectivity index (χ1) is 8.74. The first kappa shape index (κ1) is 13.7. The lowest BCUT2D eigenvalue weighted by Crippen LogP contribution is -2.44. The van der Waals surface area contributed by atoms with Crippen LogP contribution in [0, 0.1) is 5.41 Å². The van der Waals surface area contributed by atoms with Gasteiger partial charge in [0.15, 0.2) is 0 Å². The average molecular weight is 315 g/mol. The van der Waals surface area contributed by atoms with Gasteiger partial charge in [-0.25, -0.2) is 9.97 Å². The van der Waals surface area contributed by atoms with Crippen molar-refractivity contribution >= 4 is 21.9 Å². The van der Waals surface area contributed by atoms with Crippen LogP contribution in [0.25, 0.3) is 0 Å². The molecule has 1 aromatic rings. The number of ether oxygens (including phenoxy) is 1. The summed E-state index contributed by atoms with van der Waals surface area (Å²) in [5.41, 5.74) is 0.191. The van der Waals surface area contributed by atoms with Gasteiger partial charge in [-0.15, -0.1) is 0 Å². The number of methoxy groups -OCH3 is 1. The highest BCUT2D eigenvalue weighted by molar-refractivity contribution is 9.10. The average Bonchev–Trinajstić information content (AvgIpc) is 2.40. The van der Waals surface area contributed by atoms with Crippen LogP contribution >= 0.6 is 15.9 Å². The molecule has 2 N–H and O–H groups in total. The third kappa shape index (κ3) is 3.63. The lowest BCUT2D eigenvalue weighted by molar-refractivity contribution is 0.0634. The van der Waals surface area contributed by atoms with Gasteiger partial charge >= 0.3 is 0 Å². The van der Waals surface area contributed by atoms with Gasteiger partial charge in [-0.3, -0.25) is 0 Å². The number of hydrogen-bond donors (Lipinski definition) is 2. The van der Waals surface area contributed by atoms with Gasteiger partial charge in [0.1, 0.15) is 0 Å². The smallest absolute Gasteiger partial charge is 0.222 e. The van der Waals surface area contributed by atoms with Gasteiger partial charge in [0.2, 0.25) is 5.95 Å². The van der Waals surface area contributed by atoms with Crippen LogP contribution in [0.15, 0.2) is 16.9 Å². The third-order valence-electron chi connectivity index (χ3n) is 3.36. The molecule has 1 aliphatic heterocycles. The van der Waals surface area contributed by atoms with E-state index in [0.29, 0.717) is 5.95 Å². The van der Waals surface area contributed by atoms with Crippen LogP contribution in [-0.4, -0.2) is 43.3 Å². The largest absolute Gasteiger partial charge is 0.384 e. The van der Waals surface area contributed by atoms with E-state index >= 15 is 0 Å². The Kier molecular flexibility index (Phi) is 4.91. The van der Waals surface area contributed by atoms with E-state index in [-0.39, 0.29) is 5.41 Å². The minimum Gasteiger partial charge on any atom is -0.384 e. The number of aromatic nitrogens is 2. The fourth-order valence-corrected chi connectivity index (χ4v) is 2.51. The second kappa shape index (κ2) is 6.45. The van der Waals surface area contributed by atoms with Gasteiger partial charge < -0.3 is 15.4 Å². The maximum Gasteiger partial charge on any atom is 0.222 e. The summed E-state index contributed by atoms with van der Waals surface area (Å²) >= 11 is 3.33. The van der Waals surface area contributed by atoms with Gasteiger partial charge in [0, 0.05) is 31.5 Å². The van der Waals surface area contributed by atoms with Crippen molar-refractivity contribution in [3.05, 3.63) is 16.9 Å². The van der Waals surface area contributed by atoms with Gasteiger partial charge in [0.05, 0.1) is 11.1 Å². The van der Waals surface area contributed by atoms with E-state index in [2.05, 4.69) is 36.5 Å². The van der Waals surface area contributed by atoms with Gasteiger partial charge in [0.25, 0.3) is 0 Å². The first-order valence-corrected chi connectivity index (χ1v) is 6.94. The Bertz CT molecular complexity index is 359. The fraction of sp³-hybridized carbons (Fsp3) is 0.667. The minimum atomic E-state index is 0.191. The molecule has 0 bridgehead atoms. The van der Waals surface area contributed by atoms with Crippen LogP contribution < -0.4 is 10.6 Å². The Morgan fingerprint density at radius 1 is 1.39 bits per heavy atom. The highest BCUT2D eigenvalue weighted by Gasteiger charge is 2.32. The zero-order valence-electron chi connectivity index (χ0n) is 10.6. The van der Waals surface area contributed by atoms with Crippen LogP contribution in [0.2, 0.25) is 0 Å². The molecule has 2 heterocycles. The lowest BCUT2D eigenvalue weighted by atomic mass is 9.79. The molecule has 5 nitrogen and oxygen atoms in total. The molecule has 0 spiro atoms. The van der Waals surface area contributed by atoms with Crippen molar-refractivity contribution in [3.8, 4) is 0 Å². The number of nitrogens with zero attached hydrogens (tertiary/aromatic N) is 2. The Morgan fingerprint density at radius 3 is 2.67 bits per heavy atom. The second-order valence-electron chi connectivity index (χ2n) is 4.76. The SMILES string of the molecule is COCC1(CNc2ncc(Br)cn2)CCNCC1. The zero-order valence-corrected chi connectivity index (χ0v) is 12.2. The quantitative estimate of drug-likeness (QED) is 0.865. The van der Waals surface area contributed by atoms with Crippen molar-refractivity contribution in [1.29, 1.82) is 0 Å². The normalized spacial score (nSPS) is 18.6. The number of anilines is 1. The Hall–Kier alpha value is -0.720. The number of rotatable bonds is 5. The molecular weight excluding hydrogens is 296 g/mol. The van der Waals surface area contributed by atoms with E-state index in [4.69, 9.17) is 4.74 Å². The molecule has 0 unspecified atom stereocenters. The Balaban J connectivity index is 1.94. The zero-order chi connectivity index (χ0) is 12.8. The highest BCUT2D eigenvalue weighted by Crippen LogP contribution is 2.29. The van der Waals surface area contributed by atoms with Gasteiger partial charge in [-0.05, 0) is 41.9 Å². The van der Waals surface area contributed by atoms with E-state index in [0.717, 1.165) is 43.6 Å². The van der Waals surface area contributed by atoms with Crippen LogP contribution in [0.4, 0.5) is 5.95 Å². The van der Waals surface area contributed by atoms with E-state index in [1.54, 1.807) is 19.5 Å². The molecule has 0 amide bonds. The molecule has 6 heteroatoms. The highest BCUT2D eigenvalue weighted by atomic mass is 79.9. The molecular formula is C12H19BrN4O. The van der Waals surface area contributed by atoms with E-state index in [9.17, 15) is 0 Å². The minimum absolute atomic E-state index is 0.191. The Morgan fingerprint density at radius 2 is 2.06 bits per heavy atom. The molecule has 1 aliphatic rings. The van der Waals surface area contributed by atoms with Crippen molar-refractivity contribution < 1.29 is 4.74 Å². The van der Waals surface area contributed by atoms with Gasteiger partial charge in [-0.1, -0.05) is 0 Å². The predicted octanol–water partition coefficient (Wildman–Crippen LogP) is 1.67. The maximum absolute atomic E-state index is 5.38. The molecule has 100 valence electrons. The number of halogens is 1. The summed E-state index contributed by atoms with van der Waals surface area (Å²) in [7, 11) is 1.76. The van der Waals surface area contributed by atoms with Crippen molar-refractivity contribution in [2.24, 2.45) is 5.41 Å². The van der Waals surface area contributed by atoms with E-state index < -0.39 is 0 Å². The first-order valence-electron chi connectivity index (χ1n) is 6.15. The van der Waals surface area contributed by atoms with Crippen LogP contribution in [0.1, 0.15) is 12.8 Å².